The van der Waals surface area contributed by atoms with Gasteiger partial charge in [0, 0.05) is 5.25 Å². The lowest BCUT2D eigenvalue weighted by molar-refractivity contribution is 0.843. The molecule has 1 heterocycles. The minimum atomic E-state index is 0.792. The van der Waals surface area contributed by atoms with Crippen LogP contribution < -0.4 is 0 Å². The predicted octanol–water partition coefficient (Wildman–Crippen LogP) is 2.32. The molecule has 52 valence electrons. The van der Waals surface area contributed by atoms with Crippen LogP contribution in [-0.4, -0.2) is 16.8 Å². The van der Waals surface area contributed by atoms with Crippen LogP contribution >= 0.6 is 11.8 Å². The summed E-state index contributed by atoms with van der Waals surface area (Å²) in [5.74, 6) is 0. The van der Waals surface area contributed by atoms with Crippen LogP contribution in [-0.2, 0) is 0 Å². The molecule has 0 saturated heterocycles. The van der Waals surface area contributed by atoms with Gasteiger partial charge < -0.3 is 0 Å². The van der Waals surface area contributed by atoms with Crippen LogP contribution in [0.4, 0.5) is 0 Å². The summed E-state index contributed by atoms with van der Waals surface area (Å²) < 4.78 is 0. The quantitative estimate of drug-likeness (QED) is 0.578. The van der Waals surface area contributed by atoms with Gasteiger partial charge in [-0.3, -0.25) is 4.99 Å². The van der Waals surface area contributed by atoms with Crippen LogP contribution in [0.1, 0.15) is 26.7 Å². The monoisotopic (exact) mass is 143 g/mol. The third-order valence-electron chi connectivity index (χ3n) is 1.53. The lowest BCUT2D eigenvalue weighted by Gasteiger charge is -2.00. The van der Waals surface area contributed by atoms with Crippen molar-refractivity contribution in [3.05, 3.63) is 0 Å². The molecular weight excluding hydrogens is 130 g/mol. The third-order valence-corrected chi connectivity index (χ3v) is 3.04. The van der Waals surface area contributed by atoms with Crippen molar-refractivity contribution in [1.29, 1.82) is 0 Å². The fourth-order valence-corrected chi connectivity index (χ4v) is 1.89. The fraction of sp³-hybridized carbons (Fsp3) is 0.857. The standard InChI is InChI=1S/C7H13NS/c1-3-6-5-8-7(4-2)9-6/h6H,3-5H2,1-2H3. The van der Waals surface area contributed by atoms with Gasteiger partial charge in [-0.15, -0.1) is 11.8 Å². The van der Waals surface area contributed by atoms with Gasteiger partial charge in [-0.05, 0) is 12.8 Å². The van der Waals surface area contributed by atoms with Crippen LogP contribution in [0.3, 0.4) is 0 Å². The zero-order chi connectivity index (χ0) is 6.69. The summed E-state index contributed by atoms with van der Waals surface area (Å²) in [4.78, 5) is 4.39. The van der Waals surface area contributed by atoms with Crippen LogP contribution in [0.15, 0.2) is 4.99 Å². The Morgan fingerprint density at radius 3 is 2.78 bits per heavy atom. The van der Waals surface area contributed by atoms with Crippen molar-refractivity contribution >= 4 is 16.8 Å². The molecule has 9 heavy (non-hydrogen) atoms. The largest absolute Gasteiger partial charge is 0.282 e. The molecule has 1 aliphatic rings. The molecule has 0 bridgehead atoms. The highest BCUT2D eigenvalue weighted by atomic mass is 32.2. The molecule has 2 heteroatoms. The van der Waals surface area contributed by atoms with E-state index >= 15 is 0 Å². The van der Waals surface area contributed by atoms with E-state index in [2.05, 4.69) is 18.8 Å². The first-order valence-corrected chi connectivity index (χ1v) is 4.44. The topological polar surface area (TPSA) is 12.4 Å². The Hall–Kier alpha value is 0.0200. The number of hydrogen-bond acceptors (Lipinski definition) is 2. The van der Waals surface area contributed by atoms with E-state index in [4.69, 9.17) is 0 Å². The molecule has 1 atom stereocenters. The number of thioether (sulfide) groups is 1. The average molecular weight is 143 g/mol. The summed E-state index contributed by atoms with van der Waals surface area (Å²) in [6.07, 6.45) is 2.39. The summed E-state index contributed by atoms with van der Waals surface area (Å²) in [5.41, 5.74) is 0. The smallest absolute Gasteiger partial charge is 0.0677 e. The SMILES string of the molecule is CCC1=NCC(CC)S1. The highest BCUT2D eigenvalue weighted by molar-refractivity contribution is 8.14. The van der Waals surface area contributed by atoms with Gasteiger partial charge in [0.15, 0.2) is 0 Å². The second-order valence-electron chi connectivity index (χ2n) is 2.24. The minimum absolute atomic E-state index is 0.792. The number of nitrogens with zero attached hydrogens (tertiary/aromatic N) is 1. The molecule has 1 unspecified atom stereocenters. The van der Waals surface area contributed by atoms with Gasteiger partial charge in [-0.1, -0.05) is 13.8 Å². The molecule has 1 nitrogen and oxygen atoms in total. The molecule has 0 aliphatic carbocycles. The zero-order valence-electron chi connectivity index (χ0n) is 6.05. The highest BCUT2D eigenvalue weighted by Gasteiger charge is 2.15. The van der Waals surface area contributed by atoms with Gasteiger partial charge in [-0.2, -0.15) is 0 Å². The van der Waals surface area contributed by atoms with Crippen LogP contribution in [0.25, 0.3) is 0 Å². The van der Waals surface area contributed by atoms with E-state index in [9.17, 15) is 0 Å². The zero-order valence-corrected chi connectivity index (χ0v) is 6.87. The molecule has 0 amide bonds. The van der Waals surface area contributed by atoms with E-state index in [1.165, 1.54) is 11.5 Å². The van der Waals surface area contributed by atoms with E-state index in [1.807, 2.05) is 11.8 Å². The van der Waals surface area contributed by atoms with Crippen LogP contribution in [0.5, 0.6) is 0 Å². The molecule has 0 N–H and O–H groups in total. The Bertz CT molecular complexity index is 120. The maximum atomic E-state index is 4.39. The second-order valence-corrected chi connectivity index (χ2v) is 3.61. The molecule has 0 aromatic carbocycles. The van der Waals surface area contributed by atoms with Crippen LogP contribution in [0.2, 0.25) is 0 Å². The highest BCUT2D eigenvalue weighted by Crippen LogP contribution is 2.24. The Morgan fingerprint density at radius 1 is 1.67 bits per heavy atom. The van der Waals surface area contributed by atoms with Crippen molar-refractivity contribution in [3.63, 3.8) is 0 Å². The molecule has 1 rings (SSSR count). The number of hydrogen-bond donors (Lipinski definition) is 0. The third kappa shape index (κ3) is 1.71. The first-order chi connectivity index (χ1) is 4.36. The molecule has 0 aromatic heterocycles. The van der Waals surface area contributed by atoms with E-state index in [1.54, 1.807) is 0 Å². The lowest BCUT2D eigenvalue weighted by atomic mass is 10.3. The summed E-state index contributed by atoms with van der Waals surface area (Å²) >= 11 is 1.96. The Labute approximate surface area is 60.9 Å². The molecular formula is C7H13NS. The Balaban J connectivity index is 2.31. The maximum absolute atomic E-state index is 4.39. The van der Waals surface area contributed by atoms with Crippen LogP contribution in [0, 0.1) is 0 Å². The first kappa shape index (κ1) is 7.13. The Kier molecular flexibility index (Phi) is 2.58. The van der Waals surface area contributed by atoms with Crippen molar-refractivity contribution in [2.75, 3.05) is 6.54 Å². The molecule has 0 spiro atoms. The normalized spacial score (nSPS) is 26.4. The van der Waals surface area contributed by atoms with Gasteiger partial charge in [0.2, 0.25) is 0 Å². The van der Waals surface area contributed by atoms with Crippen molar-refractivity contribution in [2.45, 2.75) is 31.9 Å². The van der Waals surface area contributed by atoms with Gasteiger partial charge >= 0.3 is 0 Å². The predicted molar refractivity (Wildman–Crippen MR) is 44.3 cm³/mol. The first-order valence-electron chi connectivity index (χ1n) is 3.56. The summed E-state index contributed by atoms with van der Waals surface area (Å²) in [7, 11) is 0. The Morgan fingerprint density at radius 2 is 2.44 bits per heavy atom. The molecule has 0 aromatic rings. The van der Waals surface area contributed by atoms with E-state index in [-0.39, 0.29) is 0 Å². The van der Waals surface area contributed by atoms with E-state index < -0.39 is 0 Å². The summed E-state index contributed by atoms with van der Waals surface area (Å²) in [6, 6.07) is 0. The molecule has 0 radical (unpaired) electrons. The molecule has 1 aliphatic heterocycles. The summed E-state index contributed by atoms with van der Waals surface area (Å²) in [6.45, 7) is 5.46. The average Bonchev–Trinajstić information content (AvgIpc) is 2.34. The van der Waals surface area contributed by atoms with Gasteiger partial charge in [0.25, 0.3) is 0 Å². The van der Waals surface area contributed by atoms with Crippen molar-refractivity contribution in [2.24, 2.45) is 4.99 Å². The van der Waals surface area contributed by atoms with E-state index in [0.717, 1.165) is 18.2 Å². The van der Waals surface area contributed by atoms with Crippen molar-refractivity contribution in [1.82, 2.24) is 0 Å². The van der Waals surface area contributed by atoms with Crippen molar-refractivity contribution in [3.8, 4) is 0 Å². The molecule has 0 saturated carbocycles. The van der Waals surface area contributed by atoms with Gasteiger partial charge in [-0.25, -0.2) is 0 Å². The van der Waals surface area contributed by atoms with Gasteiger partial charge in [0.1, 0.15) is 0 Å². The minimum Gasteiger partial charge on any atom is -0.282 e. The second kappa shape index (κ2) is 3.25. The van der Waals surface area contributed by atoms with Gasteiger partial charge in [0.05, 0.1) is 11.6 Å². The lowest BCUT2D eigenvalue weighted by Crippen LogP contribution is -1.99. The maximum Gasteiger partial charge on any atom is 0.0677 e. The fourth-order valence-electron chi connectivity index (χ4n) is 0.878. The molecule has 0 fully saturated rings. The van der Waals surface area contributed by atoms with Crippen molar-refractivity contribution < 1.29 is 0 Å². The summed E-state index contributed by atoms with van der Waals surface area (Å²) in [5, 5.41) is 2.14. The number of rotatable bonds is 2. The number of aliphatic imine (C=N–C) groups is 1. The van der Waals surface area contributed by atoms with E-state index in [0.29, 0.717) is 0 Å².